The molecule has 2 N–H and O–H groups in total. The van der Waals surface area contributed by atoms with Crippen LogP contribution in [0.15, 0.2) is 29.2 Å². The minimum atomic E-state index is -3.74. The van der Waals surface area contributed by atoms with Crippen molar-refractivity contribution in [1.29, 1.82) is 0 Å². The molecule has 28 heavy (non-hydrogen) atoms. The van der Waals surface area contributed by atoms with Gasteiger partial charge in [-0.3, -0.25) is 4.79 Å². The van der Waals surface area contributed by atoms with Gasteiger partial charge in [-0.05, 0) is 50.7 Å². The van der Waals surface area contributed by atoms with E-state index in [1.807, 2.05) is 25.7 Å². The molecule has 0 radical (unpaired) electrons. The van der Waals surface area contributed by atoms with Gasteiger partial charge in [-0.15, -0.1) is 12.4 Å². The Kier molecular flexibility index (Phi) is 7.90. The van der Waals surface area contributed by atoms with Gasteiger partial charge in [0, 0.05) is 25.2 Å². The summed E-state index contributed by atoms with van der Waals surface area (Å²) in [5.41, 5.74) is 0.996. The van der Waals surface area contributed by atoms with Gasteiger partial charge in [0.1, 0.15) is 6.04 Å². The highest BCUT2D eigenvalue weighted by Gasteiger charge is 2.35. The van der Waals surface area contributed by atoms with Crippen LogP contribution in [0.1, 0.15) is 45.1 Å². The zero-order chi connectivity index (χ0) is 19.6. The number of rotatable bonds is 6. The molecule has 2 fully saturated rings. The highest BCUT2D eigenvalue weighted by Crippen LogP contribution is 2.22. The number of fused-ring (bicyclic) bond motifs is 2. The monoisotopic (exact) mass is 429 g/mol. The van der Waals surface area contributed by atoms with Crippen molar-refractivity contribution in [3.8, 4) is 0 Å². The second-order valence-electron chi connectivity index (χ2n) is 8.33. The van der Waals surface area contributed by atoms with E-state index in [2.05, 4.69) is 10.0 Å². The Bertz CT molecular complexity index is 767. The summed E-state index contributed by atoms with van der Waals surface area (Å²) in [6.45, 7) is 7.28. The van der Waals surface area contributed by atoms with E-state index in [9.17, 15) is 13.2 Å². The fraction of sp³-hybridized carbons (Fsp3) is 0.650. The number of sulfonamides is 1. The molecule has 2 saturated heterocycles. The molecule has 1 amide bonds. The minimum Gasteiger partial charge on any atom is -0.340 e. The van der Waals surface area contributed by atoms with Crippen LogP contribution in [0, 0.1) is 12.8 Å². The molecule has 2 aliphatic rings. The fourth-order valence-corrected chi connectivity index (χ4v) is 5.21. The number of nitrogens with one attached hydrogen (secondary N) is 2. The molecule has 1 aromatic rings. The molecule has 0 spiro atoms. The maximum atomic E-state index is 13.2. The van der Waals surface area contributed by atoms with Crippen molar-refractivity contribution >= 4 is 28.3 Å². The Labute approximate surface area is 174 Å². The zero-order valence-corrected chi connectivity index (χ0v) is 18.5. The van der Waals surface area contributed by atoms with Crippen LogP contribution in [-0.4, -0.2) is 50.4 Å². The molecular formula is C20H32ClN3O3S. The average molecular weight is 430 g/mol. The van der Waals surface area contributed by atoms with Crippen molar-refractivity contribution in [2.75, 3.05) is 13.1 Å². The van der Waals surface area contributed by atoms with Gasteiger partial charge in [0.15, 0.2) is 0 Å². The van der Waals surface area contributed by atoms with Crippen LogP contribution >= 0.6 is 12.4 Å². The summed E-state index contributed by atoms with van der Waals surface area (Å²) >= 11 is 0. The highest BCUT2D eigenvalue weighted by atomic mass is 35.5. The third kappa shape index (κ3) is 5.69. The van der Waals surface area contributed by atoms with Crippen molar-refractivity contribution in [3.05, 3.63) is 29.8 Å². The number of nitrogens with zero attached hydrogens (tertiary/aromatic N) is 1. The number of hydrogen-bond donors (Lipinski definition) is 2. The number of carbonyl (C=O) groups excluding carboxylic acids is 1. The predicted octanol–water partition coefficient (Wildman–Crippen LogP) is 2.46. The van der Waals surface area contributed by atoms with E-state index >= 15 is 0 Å². The van der Waals surface area contributed by atoms with E-state index in [1.54, 1.807) is 24.3 Å². The molecule has 8 heteroatoms. The summed E-state index contributed by atoms with van der Waals surface area (Å²) in [5, 5.41) is 3.56. The molecule has 2 bridgehead atoms. The Morgan fingerprint density at radius 2 is 1.82 bits per heavy atom. The molecule has 2 aliphatic heterocycles. The molecule has 3 rings (SSSR count). The Morgan fingerprint density at radius 1 is 1.18 bits per heavy atom. The normalized spacial score (nSPS) is 23.2. The van der Waals surface area contributed by atoms with Gasteiger partial charge in [0.05, 0.1) is 4.90 Å². The SMILES string of the molecule is Cc1ccc(S(=O)(=O)NC(CC(C)C)C(=O)N2CCC3CCC(C2)N3)cc1.Cl. The lowest BCUT2D eigenvalue weighted by atomic mass is 10.0. The zero-order valence-electron chi connectivity index (χ0n) is 16.8. The third-order valence-corrected chi connectivity index (χ3v) is 6.96. The summed E-state index contributed by atoms with van der Waals surface area (Å²) in [6.07, 6.45) is 3.67. The first-order valence-corrected chi connectivity index (χ1v) is 11.4. The standard InChI is InChI=1S/C20H31N3O3S.ClH/c1-14(2)12-19(22-27(25,26)18-8-4-15(3)5-9-18)20(24)23-11-10-16-6-7-17(13-23)21-16;/h4-5,8-9,14,16-17,19,21-22H,6-7,10-13H2,1-3H3;1H. The van der Waals surface area contributed by atoms with E-state index in [1.165, 1.54) is 6.42 Å². The second-order valence-corrected chi connectivity index (χ2v) is 10.0. The first-order chi connectivity index (χ1) is 12.7. The van der Waals surface area contributed by atoms with E-state index < -0.39 is 16.1 Å². The molecule has 3 atom stereocenters. The van der Waals surface area contributed by atoms with E-state index in [0.717, 1.165) is 18.4 Å². The van der Waals surface area contributed by atoms with Gasteiger partial charge in [0.25, 0.3) is 0 Å². The Balaban J connectivity index is 0.00000280. The average Bonchev–Trinajstić information content (AvgIpc) is 2.92. The lowest BCUT2D eigenvalue weighted by Crippen LogP contribution is -2.51. The van der Waals surface area contributed by atoms with E-state index in [-0.39, 0.29) is 29.1 Å². The van der Waals surface area contributed by atoms with Crippen LogP contribution in [0.4, 0.5) is 0 Å². The van der Waals surface area contributed by atoms with Crippen molar-refractivity contribution in [1.82, 2.24) is 14.9 Å². The molecule has 0 aromatic heterocycles. The van der Waals surface area contributed by atoms with Gasteiger partial charge in [0.2, 0.25) is 15.9 Å². The summed E-state index contributed by atoms with van der Waals surface area (Å²) in [5.74, 6) is 0.106. The fourth-order valence-electron chi connectivity index (χ4n) is 4.01. The van der Waals surface area contributed by atoms with Crippen LogP contribution in [0.2, 0.25) is 0 Å². The summed E-state index contributed by atoms with van der Waals surface area (Å²) < 4.78 is 28.3. The number of aryl methyl sites for hydroxylation is 1. The molecule has 3 unspecified atom stereocenters. The second kappa shape index (κ2) is 9.57. The predicted molar refractivity (Wildman–Crippen MR) is 113 cm³/mol. The van der Waals surface area contributed by atoms with Gasteiger partial charge < -0.3 is 10.2 Å². The van der Waals surface area contributed by atoms with Crippen LogP contribution in [0.25, 0.3) is 0 Å². The van der Waals surface area contributed by atoms with E-state index in [0.29, 0.717) is 31.6 Å². The molecule has 158 valence electrons. The molecule has 0 saturated carbocycles. The molecule has 2 heterocycles. The Morgan fingerprint density at radius 3 is 2.46 bits per heavy atom. The van der Waals surface area contributed by atoms with Crippen molar-refractivity contribution < 1.29 is 13.2 Å². The van der Waals surface area contributed by atoms with Crippen molar-refractivity contribution in [3.63, 3.8) is 0 Å². The van der Waals surface area contributed by atoms with E-state index in [4.69, 9.17) is 0 Å². The van der Waals surface area contributed by atoms with Gasteiger partial charge in [-0.25, -0.2) is 8.42 Å². The third-order valence-electron chi connectivity index (χ3n) is 5.47. The van der Waals surface area contributed by atoms with Gasteiger partial charge >= 0.3 is 0 Å². The molecule has 6 nitrogen and oxygen atoms in total. The smallest absolute Gasteiger partial charge is 0.241 e. The topological polar surface area (TPSA) is 78.5 Å². The maximum Gasteiger partial charge on any atom is 0.241 e. The van der Waals surface area contributed by atoms with Crippen LogP contribution in [0.5, 0.6) is 0 Å². The van der Waals surface area contributed by atoms with Crippen molar-refractivity contribution in [2.24, 2.45) is 5.92 Å². The highest BCUT2D eigenvalue weighted by molar-refractivity contribution is 7.89. The largest absolute Gasteiger partial charge is 0.340 e. The first-order valence-electron chi connectivity index (χ1n) is 9.88. The number of likely N-dealkylation sites (tertiary alicyclic amines) is 1. The molecule has 1 aromatic carbocycles. The van der Waals surface area contributed by atoms with Crippen LogP contribution in [0.3, 0.4) is 0 Å². The number of halogens is 1. The first kappa shape index (κ1) is 23.1. The Hall–Kier alpha value is -1.15. The van der Waals surface area contributed by atoms with Gasteiger partial charge in [-0.2, -0.15) is 4.72 Å². The molecule has 0 aliphatic carbocycles. The number of hydrogen-bond acceptors (Lipinski definition) is 4. The van der Waals surface area contributed by atoms with Crippen molar-refractivity contribution in [2.45, 2.75) is 69.5 Å². The summed E-state index contributed by atoms with van der Waals surface area (Å²) in [6, 6.07) is 6.80. The quantitative estimate of drug-likeness (QED) is 0.728. The number of carbonyl (C=O) groups is 1. The molecular weight excluding hydrogens is 398 g/mol. The maximum absolute atomic E-state index is 13.2. The van der Waals surface area contributed by atoms with Gasteiger partial charge in [-0.1, -0.05) is 31.5 Å². The summed E-state index contributed by atoms with van der Waals surface area (Å²) in [4.78, 5) is 15.2. The minimum absolute atomic E-state index is 0. The van der Waals surface area contributed by atoms with Crippen LogP contribution < -0.4 is 10.0 Å². The lowest BCUT2D eigenvalue weighted by molar-refractivity contribution is -0.133. The van der Waals surface area contributed by atoms with Crippen LogP contribution in [-0.2, 0) is 14.8 Å². The lowest BCUT2D eigenvalue weighted by Gasteiger charge is -2.29. The number of benzene rings is 1. The number of amides is 1. The summed E-state index contributed by atoms with van der Waals surface area (Å²) in [7, 11) is -3.74.